The van der Waals surface area contributed by atoms with Crippen LogP contribution < -0.4 is 5.32 Å². The van der Waals surface area contributed by atoms with E-state index in [0.29, 0.717) is 6.42 Å². The van der Waals surface area contributed by atoms with Gasteiger partial charge in [-0.1, -0.05) is 19.1 Å². The summed E-state index contributed by atoms with van der Waals surface area (Å²) in [7, 11) is 0. The van der Waals surface area contributed by atoms with Gasteiger partial charge >= 0.3 is 0 Å². The van der Waals surface area contributed by atoms with Crippen LogP contribution in [-0.2, 0) is 13.0 Å². The van der Waals surface area contributed by atoms with E-state index in [0.717, 1.165) is 36.7 Å². The number of benzene rings is 1. The summed E-state index contributed by atoms with van der Waals surface area (Å²) in [6, 6.07) is 6.94. The third-order valence-corrected chi connectivity index (χ3v) is 3.55. The average Bonchev–Trinajstić information content (AvgIpc) is 2.82. The van der Waals surface area contributed by atoms with Gasteiger partial charge < -0.3 is 9.88 Å². The van der Waals surface area contributed by atoms with Gasteiger partial charge in [0.1, 0.15) is 17.5 Å². The van der Waals surface area contributed by atoms with Gasteiger partial charge in [-0.05, 0) is 24.1 Å². The second-order valence-electron chi connectivity index (χ2n) is 4.85. The Labute approximate surface area is 111 Å². The maximum atomic E-state index is 13.2. The molecule has 0 saturated carbocycles. The van der Waals surface area contributed by atoms with Crippen LogP contribution in [0.25, 0.3) is 0 Å². The van der Waals surface area contributed by atoms with Crippen LogP contribution in [0.1, 0.15) is 36.6 Å². The molecule has 2 aromatic rings. The van der Waals surface area contributed by atoms with Crippen LogP contribution in [0, 0.1) is 5.82 Å². The predicted molar refractivity (Wildman–Crippen MR) is 70.3 cm³/mol. The van der Waals surface area contributed by atoms with Crippen LogP contribution in [0.5, 0.6) is 0 Å². The molecule has 2 heterocycles. The largest absolute Gasteiger partial charge is 0.312 e. The minimum Gasteiger partial charge on any atom is -0.312 e. The van der Waals surface area contributed by atoms with E-state index in [2.05, 4.69) is 27.0 Å². The van der Waals surface area contributed by atoms with E-state index in [1.165, 1.54) is 6.07 Å². The van der Waals surface area contributed by atoms with E-state index in [-0.39, 0.29) is 11.9 Å². The molecule has 0 amide bonds. The summed E-state index contributed by atoms with van der Waals surface area (Å²) in [5, 5.41) is 12.0. The maximum absolute atomic E-state index is 13.2. The molecular formula is C14H17FN4. The lowest BCUT2D eigenvalue weighted by Crippen LogP contribution is -2.34. The van der Waals surface area contributed by atoms with Crippen LogP contribution in [0.15, 0.2) is 24.3 Å². The summed E-state index contributed by atoms with van der Waals surface area (Å²) in [6.45, 7) is 3.94. The predicted octanol–water partition coefficient (Wildman–Crippen LogP) is 2.06. The molecule has 1 aliphatic rings. The highest BCUT2D eigenvalue weighted by Crippen LogP contribution is 2.20. The molecule has 3 rings (SSSR count). The smallest absolute Gasteiger partial charge is 0.150 e. The SMILES string of the molecule is CCC1NCCn2c(Cc3cccc(F)c3)nnc21. The molecular weight excluding hydrogens is 243 g/mol. The molecule has 1 aliphatic heterocycles. The van der Waals surface area contributed by atoms with Crippen molar-refractivity contribution in [2.45, 2.75) is 32.4 Å². The number of nitrogens with one attached hydrogen (secondary N) is 1. The Morgan fingerprint density at radius 1 is 1.42 bits per heavy atom. The lowest BCUT2D eigenvalue weighted by molar-refractivity contribution is 0.401. The molecule has 19 heavy (non-hydrogen) atoms. The van der Waals surface area contributed by atoms with Crippen molar-refractivity contribution in [1.29, 1.82) is 0 Å². The first-order chi connectivity index (χ1) is 9.28. The molecule has 4 nitrogen and oxygen atoms in total. The summed E-state index contributed by atoms with van der Waals surface area (Å²) in [5.41, 5.74) is 0.932. The lowest BCUT2D eigenvalue weighted by atomic mass is 10.1. The van der Waals surface area contributed by atoms with Crippen molar-refractivity contribution in [3.63, 3.8) is 0 Å². The summed E-state index contributed by atoms with van der Waals surface area (Å²) in [4.78, 5) is 0. The van der Waals surface area contributed by atoms with Gasteiger partial charge in [0.2, 0.25) is 0 Å². The summed E-state index contributed by atoms with van der Waals surface area (Å²) in [5.74, 6) is 1.71. The molecule has 0 saturated heterocycles. The number of hydrogen-bond acceptors (Lipinski definition) is 3. The molecule has 1 N–H and O–H groups in total. The maximum Gasteiger partial charge on any atom is 0.150 e. The third kappa shape index (κ3) is 2.38. The van der Waals surface area contributed by atoms with Gasteiger partial charge in [-0.2, -0.15) is 0 Å². The Bertz CT molecular complexity index is 579. The second-order valence-corrected chi connectivity index (χ2v) is 4.85. The first-order valence-corrected chi connectivity index (χ1v) is 6.67. The molecule has 0 aliphatic carbocycles. The van der Waals surface area contributed by atoms with Crippen molar-refractivity contribution in [1.82, 2.24) is 20.1 Å². The highest BCUT2D eigenvalue weighted by atomic mass is 19.1. The van der Waals surface area contributed by atoms with Gasteiger partial charge in [0, 0.05) is 19.5 Å². The minimum atomic E-state index is -0.205. The normalized spacial score (nSPS) is 18.3. The van der Waals surface area contributed by atoms with Gasteiger partial charge in [-0.15, -0.1) is 10.2 Å². The van der Waals surface area contributed by atoms with Crippen LogP contribution in [0.2, 0.25) is 0 Å². The van der Waals surface area contributed by atoms with Crippen LogP contribution in [-0.4, -0.2) is 21.3 Å². The number of rotatable bonds is 3. The highest BCUT2D eigenvalue weighted by molar-refractivity contribution is 5.21. The Balaban J connectivity index is 1.88. The first-order valence-electron chi connectivity index (χ1n) is 6.67. The van der Waals surface area contributed by atoms with E-state index in [4.69, 9.17) is 0 Å². The van der Waals surface area contributed by atoms with Crippen molar-refractivity contribution in [3.8, 4) is 0 Å². The van der Waals surface area contributed by atoms with Gasteiger partial charge in [0.05, 0.1) is 6.04 Å². The Morgan fingerprint density at radius 3 is 3.11 bits per heavy atom. The zero-order valence-corrected chi connectivity index (χ0v) is 10.9. The molecule has 5 heteroatoms. The van der Waals surface area contributed by atoms with Crippen molar-refractivity contribution in [3.05, 3.63) is 47.3 Å². The fraction of sp³-hybridized carbons (Fsp3) is 0.429. The van der Waals surface area contributed by atoms with E-state index < -0.39 is 0 Å². The number of aromatic nitrogens is 3. The fourth-order valence-electron chi connectivity index (χ4n) is 2.58. The van der Waals surface area contributed by atoms with E-state index in [9.17, 15) is 4.39 Å². The minimum absolute atomic E-state index is 0.205. The van der Waals surface area contributed by atoms with Crippen LogP contribution in [0.4, 0.5) is 4.39 Å². The quantitative estimate of drug-likeness (QED) is 0.918. The number of nitrogens with zero attached hydrogens (tertiary/aromatic N) is 3. The average molecular weight is 260 g/mol. The van der Waals surface area contributed by atoms with Crippen molar-refractivity contribution in [2.24, 2.45) is 0 Å². The molecule has 1 atom stereocenters. The Kier molecular flexibility index (Phi) is 3.29. The number of fused-ring (bicyclic) bond motifs is 1. The zero-order chi connectivity index (χ0) is 13.2. The topological polar surface area (TPSA) is 42.7 Å². The number of hydrogen-bond donors (Lipinski definition) is 1. The van der Waals surface area contributed by atoms with E-state index in [1.54, 1.807) is 12.1 Å². The molecule has 0 bridgehead atoms. The third-order valence-electron chi connectivity index (χ3n) is 3.55. The lowest BCUT2D eigenvalue weighted by Gasteiger charge is -2.24. The first kappa shape index (κ1) is 12.3. The van der Waals surface area contributed by atoms with E-state index in [1.807, 2.05) is 6.07 Å². The summed E-state index contributed by atoms with van der Waals surface area (Å²) < 4.78 is 15.4. The zero-order valence-electron chi connectivity index (χ0n) is 10.9. The molecule has 0 spiro atoms. The van der Waals surface area contributed by atoms with Crippen molar-refractivity contribution >= 4 is 0 Å². The second kappa shape index (κ2) is 5.09. The van der Waals surface area contributed by atoms with Crippen molar-refractivity contribution < 1.29 is 4.39 Å². The molecule has 0 radical (unpaired) electrons. The monoisotopic (exact) mass is 260 g/mol. The van der Waals surface area contributed by atoms with Crippen LogP contribution in [0.3, 0.4) is 0 Å². The molecule has 1 aromatic carbocycles. The summed E-state index contributed by atoms with van der Waals surface area (Å²) >= 11 is 0. The Morgan fingerprint density at radius 2 is 2.32 bits per heavy atom. The van der Waals surface area contributed by atoms with Gasteiger partial charge in [-0.25, -0.2) is 4.39 Å². The number of halogens is 1. The molecule has 0 fully saturated rings. The fourth-order valence-corrected chi connectivity index (χ4v) is 2.58. The van der Waals surface area contributed by atoms with Crippen molar-refractivity contribution in [2.75, 3.05) is 6.54 Å². The molecule has 1 unspecified atom stereocenters. The van der Waals surface area contributed by atoms with Gasteiger partial charge in [0.25, 0.3) is 0 Å². The standard InChI is InChI=1S/C14H17FN4/c1-2-12-14-18-17-13(19(14)7-6-16-12)9-10-4-3-5-11(15)8-10/h3-5,8,12,16H,2,6-7,9H2,1H3. The Hall–Kier alpha value is -1.75. The summed E-state index contributed by atoms with van der Waals surface area (Å²) in [6.07, 6.45) is 1.62. The molecule has 1 aromatic heterocycles. The molecule has 100 valence electrons. The van der Waals surface area contributed by atoms with Gasteiger partial charge in [0.15, 0.2) is 0 Å². The van der Waals surface area contributed by atoms with Crippen LogP contribution >= 0.6 is 0 Å². The highest BCUT2D eigenvalue weighted by Gasteiger charge is 2.23. The van der Waals surface area contributed by atoms with E-state index >= 15 is 0 Å². The van der Waals surface area contributed by atoms with Gasteiger partial charge in [-0.3, -0.25) is 0 Å².